The summed E-state index contributed by atoms with van der Waals surface area (Å²) >= 11 is 18.9. The van der Waals surface area contributed by atoms with Gasteiger partial charge in [-0.1, -0.05) is 59.3 Å². The van der Waals surface area contributed by atoms with Crippen molar-refractivity contribution in [3.8, 4) is 17.2 Å². The highest BCUT2D eigenvalue weighted by atomic mass is 35.5. The van der Waals surface area contributed by atoms with Crippen molar-refractivity contribution in [1.82, 2.24) is 4.90 Å². The lowest BCUT2D eigenvalue weighted by atomic mass is 10.2. The zero-order valence-corrected chi connectivity index (χ0v) is 19.5. The number of benzene rings is 2. The largest absolute Gasteiger partial charge is 0.493 e. The fraction of sp³-hybridized carbons (Fsp3) is 0.238. The van der Waals surface area contributed by atoms with Gasteiger partial charge in [-0.2, -0.15) is 0 Å². The van der Waals surface area contributed by atoms with Gasteiger partial charge in [0.1, 0.15) is 10.1 Å². The third kappa shape index (κ3) is 5.40. The van der Waals surface area contributed by atoms with Crippen LogP contribution in [0, 0.1) is 0 Å². The minimum atomic E-state index is -0.140. The normalized spacial score (nSPS) is 15.1. The van der Waals surface area contributed by atoms with E-state index in [4.69, 9.17) is 49.6 Å². The van der Waals surface area contributed by atoms with Gasteiger partial charge in [-0.25, -0.2) is 0 Å². The van der Waals surface area contributed by atoms with E-state index in [0.29, 0.717) is 56.2 Å². The molecule has 0 bridgehead atoms. The fourth-order valence-corrected chi connectivity index (χ4v) is 4.28. The first-order valence-corrected chi connectivity index (χ1v) is 11.0. The van der Waals surface area contributed by atoms with Gasteiger partial charge in [0, 0.05) is 13.5 Å². The Morgan fingerprint density at radius 3 is 2.50 bits per heavy atom. The smallest absolute Gasteiger partial charge is 0.265 e. The van der Waals surface area contributed by atoms with Crippen molar-refractivity contribution in [3.05, 3.63) is 56.9 Å². The molecule has 0 aromatic heterocycles. The molecule has 0 atom stereocenters. The van der Waals surface area contributed by atoms with Gasteiger partial charge in [0.2, 0.25) is 0 Å². The van der Waals surface area contributed by atoms with Gasteiger partial charge in [0.25, 0.3) is 5.91 Å². The molecular weight excluding hydrogens is 465 g/mol. The molecule has 0 N–H and O–H groups in total. The third-order valence-electron chi connectivity index (χ3n) is 4.17. The molecule has 2 aromatic rings. The summed E-state index contributed by atoms with van der Waals surface area (Å²) in [5.41, 5.74) is 0.722. The van der Waals surface area contributed by atoms with E-state index in [1.165, 1.54) is 23.8 Å². The van der Waals surface area contributed by atoms with Crippen LogP contribution in [0.4, 0.5) is 0 Å². The summed E-state index contributed by atoms with van der Waals surface area (Å²) in [6.45, 7) is 0.828. The van der Waals surface area contributed by atoms with E-state index in [1.807, 2.05) is 18.2 Å². The summed E-state index contributed by atoms with van der Waals surface area (Å²) in [4.78, 5) is 14.2. The van der Waals surface area contributed by atoms with Crippen LogP contribution < -0.4 is 14.2 Å². The Kier molecular flexibility index (Phi) is 7.88. The number of methoxy groups -OCH3 is 1. The zero-order chi connectivity index (χ0) is 21.7. The van der Waals surface area contributed by atoms with Crippen LogP contribution in [-0.4, -0.2) is 42.5 Å². The number of ether oxygens (including phenoxy) is 3. The van der Waals surface area contributed by atoms with Crippen LogP contribution in [0.5, 0.6) is 17.2 Å². The number of thiocarbonyl (C=S) groups is 1. The second-order valence-corrected chi connectivity index (χ2v) is 8.75. The van der Waals surface area contributed by atoms with Gasteiger partial charge >= 0.3 is 0 Å². The zero-order valence-electron chi connectivity index (χ0n) is 16.3. The molecule has 158 valence electrons. The van der Waals surface area contributed by atoms with Gasteiger partial charge in [0.15, 0.2) is 11.5 Å². The van der Waals surface area contributed by atoms with Crippen LogP contribution in [0.15, 0.2) is 41.3 Å². The second kappa shape index (κ2) is 10.4. The third-order valence-corrected chi connectivity index (χ3v) is 6.24. The molecule has 1 amide bonds. The monoisotopic (exact) mass is 483 g/mol. The number of carbonyl (C=O) groups excluding carboxylic acids is 1. The number of nitrogens with zero attached hydrogens (tertiary/aromatic N) is 1. The van der Waals surface area contributed by atoms with Crippen molar-refractivity contribution in [2.75, 3.05) is 27.4 Å². The number of rotatable bonds is 8. The van der Waals surface area contributed by atoms with Crippen molar-refractivity contribution < 1.29 is 19.0 Å². The first-order chi connectivity index (χ1) is 14.4. The first-order valence-electron chi connectivity index (χ1n) is 9.00. The number of likely N-dealkylation sites (N-methyl/N-ethyl adjacent to an activating group) is 1. The van der Waals surface area contributed by atoms with Gasteiger partial charge in [0.05, 0.1) is 35.3 Å². The molecule has 0 aliphatic carbocycles. The molecule has 1 saturated heterocycles. The number of thioether (sulfide) groups is 1. The van der Waals surface area contributed by atoms with Crippen molar-refractivity contribution in [2.45, 2.75) is 6.42 Å². The van der Waals surface area contributed by atoms with E-state index in [0.717, 1.165) is 5.56 Å². The van der Waals surface area contributed by atoms with E-state index in [-0.39, 0.29) is 5.91 Å². The lowest BCUT2D eigenvalue weighted by molar-refractivity contribution is -0.121. The second-order valence-electron chi connectivity index (χ2n) is 6.26. The summed E-state index contributed by atoms with van der Waals surface area (Å²) in [5, 5.41) is 0.957. The lowest BCUT2D eigenvalue weighted by Crippen LogP contribution is -2.22. The first kappa shape index (κ1) is 22.7. The Hall–Kier alpha value is -1.93. The SMILES string of the molecule is COc1cc(/C=C2/SC(=S)N(C)C2=O)cc(Cl)c1OCCCOc1ccccc1Cl. The Balaban J connectivity index is 1.62. The van der Waals surface area contributed by atoms with Crippen LogP contribution in [0.25, 0.3) is 6.08 Å². The summed E-state index contributed by atoms with van der Waals surface area (Å²) < 4.78 is 17.4. The number of halogens is 2. The van der Waals surface area contributed by atoms with Crippen LogP contribution >= 0.6 is 47.2 Å². The summed E-state index contributed by atoms with van der Waals surface area (Å²) in [6, 6.07) is 10.8. The molecule has 9 heteroatoms. The Morgan fingerprint density at radius 1 is 1.10 bits per heavy atom. The predicted octanol–water partition coefficient (Wildman–Crippen LogP) is 5.68. The molecule has 30 heavy (non-hydrogen) atoms. The van der Waals surface area contributed by atoms with E-state index in [1.54, 1.807) is 31.3 Å². The average molecular weight is 484 g/mol. The number of para-hydroxylation sites is 1. The minimum absolute atomic E-state index is 0.140. The Labute approximate surface area is 194 Å². The van der Waals surface area contributed by atoms with E-state index in [9.17, 15) is 4.79 Å². The standard InChI is InChI=1S/C21H19Cl2NO4S2/c1-24-20(25)18(30-21(24)29)12-13-10-15(23)19(17(11-13)26-2)28-9-5-8-27-16-7-4-3-6-14(16)22/h3-4,6-7,10-12H,5,8-9H2,1-2H3/b18-12+. The molecule has 1 heterocycles. The van der Waals surface area contributed by atoms with Crippen molar-refractivity contribution in [2.24, 2.45) is 0 Å². The molecule has 1 aliphatic heterocycles. The van der Waals surface area contributed by atoms with Gasteiger partial charge in [-0.3, -0.25) is 9.69 Å². The average Bonchev–Trinajstić information content (AvgIpc) is 2.96. The number of hydrogen-bond donors (Lipinski definition) is 0. The maximum absolute atomic E-state index is 12.2. The molecule has 3 rings (SSSR count). The molecule has 0 unspecified atom stereocenters. The maximum Gasteiger partial charge on any atom is 0.265 e. The van der Waals surface area contributed by atoms with Gasteiger partial charge in [-0.05, 0) is 35.9 Å². The highest BCUT2D eigenvalue weighted by Gasteiger charge is 2.28. The fourth-order valence-electron chi connectivity index (χ4n) is 2.64. The molecule has 0 spiro atoms. The van der Waals surface area contributed by atoms with Crippen LogP contribution in [0.1, 0.15) is 12.0 Å². The van der Waals surface area contributed by atoms with Gasteiger partial charge < -0.3 is 14.2 Å². The summed E-state index contributed by atoms with van der Waals surface area (Å²) in [5.74, 6) is 1.42. The molecule has 0 saturated carbocycles. The molecular formula is C21H19Cl2NO4S2. The molecule has 1 aliphatic rings. The minimum Gasteiger partial charge on any atom is -0.493 e. The number of amides is 1. The maximum atomic E-state index is 12.2. The van der Waals surface area contributed by atoms with E-state index in [2.05, 4.69) is 0 Å². The van der Waals surface area contributed by atoms with Gasteiger partial charge in [-0.15, -0.1) is 0 Å². The van der Waals surface area contributed by atoms with Crippen molar-refractivity contribution in [3.63, 3.8) is 0 Å². The quantitative estimate of drug-likeness (QED) is 0.273. The molecule has 1 fully saturated rings. The van der Waals surface area contributed by atoms with Crippen molar-refractivity contribution >= 4 is 63.5 Å². The molecule has 5 nitrogen and oxygen atoms in total. The Morgan fingerprint density at radius 2 is 1.83 bits per heavy atom. The summed E-state index contributed by atoms with van der Waals surface area (Å²) in [7, 11) is 3.19. The number of hydrogen-bond acceptors (Lipinski definition) is 6. The van der Waals surface area contributed by atoms with Crippen LogP contribution in [0.2, 0.25) is 10.0 Å². The topological polar surface area (TPSA) is 48.0 Å². The highest BCUT2D eigenvalue weighted by molar-refractivity contribution is 8.26. The van der Waals surface area contributed by atoms with Crippen LogP contribution in [0.3, 0.4) is 0 Å². The van der Waals surface area contributed by atoms with Crippen LogP contribution in [-0.2, 0) is 4.79 Å². The number of carbonyl (C=O) groups is 1. The highest BCUT2D eigenvalue weighted by Crippen LogP contribution is 2.38. The van der Waals surface area contributed by atoms with E-state index >= 15 is 0 Å². The summed E-state index contributed by atoms with van der Waals surface area (Å²) in [6.07, 6.45) is 2.36. The predicted molar refractivity (Wildman–Crippen MR) is 126 cm³/mol. The lowest BCUT2D eigenvalue weighted by Gasteiger charge is -2.14. The molecule has 2 aromatic carbocycles. The van der Waals surface area contributed by atoms with E-state index < -0.39 is 0 Å². The molecule has 0 radical (unpaired) electrons. The van der Waals surface area contributed by atoms with Crippen molar-refractivity contribution in [1.29, 1.82) is 0 Å². The Bertz CT molecular complexity index is 997.